The van der Waals surface area contributed by atoms with Crippen molar-refractivity contribution in [1.82, 2.24) is 0 Å². The van der Waals surface area contributed by atoms with E-state index in [1.54, 1.807) is 0 Å². The smallest absolute Gasteiger partial charge is 0.0420 e. The predicted molar refractivity (Wildman–Crippen MR) is 61.7 cm³/mol. The highest BCUT2D eigenvalue weighted by molar-refractivity contribution is 5.65. The first-order chi connectivity index (χ1) is 7.74. The second-order valence-electron chi connectivity index (χ2n) is 3.97. The number of unbranched alkanes of at least 4 members (excludes halogenated alkanes) is 1. The second kappa shape index (κ2) is 7.01. The van der Waals surface area contributed by atoms with Gasteiger partial charge >= 0.3 is 0 Å². The molecule has 0 saturated carbocycles. The number of rotatable bonds is 7. The van der Waals surface area contributed by atoms with Gasteiger partial charge in [0, 0.05) is 5.97 Å². The van der Waals surface area contributed by atoms with E-state index >= 15 is 0 Å². The molecule has 0 amide bonds. The Morgan fingerprint density at radius 3 is 2.50 bits per heavy atom. The van der Waals surface area contributed by atoms with Gasteiger partial charge in [0.05, 0.1) is 0 Å². The van der Waals surface area contributed by atoms with Gasteiger partial charge in [0.15, 0.2) is 0 Å². The molecule has 1 aromatic rings. The summed E-state index contributed by atoms with van der Waals surface area (Å²) in [4.78, 5) is 10.7. The highest BCUT2D eigenvalue weighted by atomic mass is 16.4. The maximum Gasteiger partial charge on any atom is 0.0420 e. The summed E-state index contributed by atoms with van der Waals surface area (Å²) >= 11 is 0. The lowest BCUT2D eigenvalue weighted by molar-refractivity contribution is -0.306. The fourth-order valence-corrected chi connectivity index (χ4v) is 1.85. The number of hydrogen-bond acceptors (Lipinski definition) is 3. The topological polar surface area (TPSA) is 66.2 Å². The van der Waals surface area contributed by atoms with E-state index in [0.717, 1.165) is 24.8 Å². The van der Waals surface area contributed by atoms with Gasteiger partial charge in [-0.1, -0.05) is 36.8 Å². The standard InChI is InChI=1S/C13H19NO2/c14-9-5-4-8-12(10-13(15)16)11-6-2-1-3-7-11/h1-3,6-7,12H,4-5,8-10,14H2,(H,15,16)/p-1. The Kier molecular flexibility index (Phi) is 5.57. The first kappa shape index (κ1) is 12.7. The van der Waals surface area contributed by atoms with Crippen molar-refractivity contribution < 1.29 is 9.90 Å². The molecule has 1 unspecified atom stereocenters. The molecule has 0 fully saturated rings. The maximum absolute atomic E-state index is 10.7. The Morgan fingerprint density at radius 2 is 1.94 bits per heavy atom. The fourth-order valence-electron chi connectivity index (χ4n) is 1.85. The van der Waals surface area contributed by atoms with Crippen molar-refractivity contribution in [3.8, 4) is 0 Å². The van der Waals surface area contributed by atoms with Crippen LogP contribution >= 0.6 is 0 Å². The van der Waals surface area contributed by atoms with Crippen LogP contribution in [0.15, 0.2) is 30.3 Å². The van der Waals surface area contributed by atoms with Crippen LogP contribution < -0.4 is 10.8 Å². The Balaban J connectivity index is 2.60. The van der Waals surface area contributed by atoms with Gasteiger partial charge in [-0.3, -0.25) is 0 Å². The first-order valence-electron chi connectivity index (χ1n) is 5.69. The molecule has 0 radical (unpaired) electrons. The number of carboxylic acid groups (broad SMARTS) is 1. The number of carbonyl (C=O) groups is 1. The van der Waals surface area contributed by atoms with Crippen molar-refractivity contribution in [3.63, 3.8) is 0 Å². The van der Waals surface area contributed by atoms with Crippen LogP contribution in [-0.4, -0.2) is 12.5 Å². The van der Waals surface area contributed by atoms with Crippen molar-refractivity contribution in [3.05, 3.63) is 35.9 Å². The normalized spacial score (nSPS) is 12.3. The Labute approximate surface area is 96.3 Å². The van der Waals surface area contributed by atoms with Crippen LogP contribution in [0.25, 0.3) is 0 Å². The Bertz CT molecular complexity index is 311. The van der Waals surface area contributed by atoms with Gasteiger partial charge in [0.25, 0.3) is 0 Å². The molecule has 1 atom stereocenters. The average Bonchev–Trinajstić information content (AvgIpc) is 2.29. The van der Waals surface area contributed by atoms with Crippen LogP contribution in [0.2, 0.25) is 0 Å². The van der Waals surface area contributed by atoms with Crippen LogP contribution in [0.1, 0.15) is 37.2 Å². The molecule has 3 nitrogen and oxygen atoms in total. The molecule has 3 heteroatoms. The third-order valence-electron chi connectivity index (χ3n) is 2.69. The molecule has 1 rings (SSSR count). The molecule has 0 aliphatic heterocycles. The molecule has 88 valence electrons. The van der Waals surface area contributed by atoms with Crippen molar-refractivity contribution >= 4 is 5.97 Å². The Hall–Kier alpha value is -1.35. The largest absolute Gasteiger partial charge is 0.550 e. The summed E-state index contributed by atoms with van der Waals surface area (Å²) < 4.78 is 0. The first-order valence-corrected chi connectivity index (χ1v) is 5.69. The molecule has 0 heterocycles. The number of nitrogens with two attached hydrogens (primary N) is 1. The second-order valence-corrected chi connectivity index (χ2v) is 3.97. The summed E-state index contributed by atoms with van der Waals surface area (Å²) in [6.45, 7) is 0.660. The molecule has 0 spiro atoms. The minimum atomic E-state index is -0.985. The van der Waals surface area contributed by atoms with Crippen molar-refractivity contribution in [2.45, 2.75) is 31.6 Å². The third kappa shape index (κ3) is 4.45. The van der Waals surface area contributed by atoms with Gasteiger partial charge < -0.3 is 15.6 Å². The van der Waals surface area contributed by atoms with Gasteiger partial charge in [-0.2, -0.15) is 0 Å². The molecule has 16 heavy (non-hydrogen) atoms. The zero-order valence-corrected chi connectivity index (χ0v) is 9.39. The number of carbonyl (C=O) groups excluding carboxylic acids is 1. The summed E-state index contributed by atoms with van der Waals surface area (Å²) in [6.07, 6.45) is 2.85. The maximum atomic E-state index is 10.7. The van der Waals surface area contributed by atoms with E-state index in [2.05, 4.69) is 0 Å². The molecule has 0 aromatic heterocycles. The van der Waals surface area contributed by atoms with E-state index in [0.29, 0.717) is 6.54 Å². The third-order valence-corrected chi connectivity index (χ3v) is 2.69. The van der Waals surface area contributed by atoms with Crippen molar-refractivity contribution in [1.29, 1.82) is 0 Å². The fraction of sp³-hybridized carbons (Fsp3) is 0.462. The summed E-state index contributed by atoms with van der Waals surface area (Å²) in [6, 6.07) is 9.73. The van der Waals surface area contributed by atoms with Crippen LogP contribution in [-0.2, 0) is 4.79 Å². The highest BCUT2D eigenvalue weighted by Crippen LogP contribution is 2.24. The van der Waals surface area contributed by atoms with E-state index in [1.165, 1.54) is 0 Å². The van der Waals surface area contributed by atoms with E-state index in [-0.39, 0.29) is 12.3 Å². The molecule has 1 aromatic carbocycles. The van der Waals surface area contributed by atoms with Crippen molar-refractivity contribution in [2.75, 3.05) is 6.54 Å². The van der Waals surface area contributed by atoms with Crippen molar-refractivity contribution in [2.24, 2.45) is 5.73 Å². The summed E-state index contributed by atoms with van der Waals surface area (Å²) in [5, 5.41) is 10.7. The summed E-state index contributed by atoms with van der Waals surface area (Å²) in [5.74, 6) is -0.931. The van der Waals surface area contributed by atoms with Gasteiger partial charge in [0.2, 0.25) is 0 Å². The lowest BCUT2D eigenvalue weighted by atomic mass is 9.91. The highest BCUT2D eigenvalue weighted by Gasteiger charge is 2.10. The molecule has 0 saturated heterocycles. The zero-order chi connectivity index (χ0) is 11.8. The minimum absolute atomic E-state index is 0.0535. The van der Waals surface area contributed by atoms with Gasteiger partial charge in [0.1, 0.15) is 0 Å². The Morgan fingerprint density at radius 1 is 1.25 bits per heavy atom. The lowest BCUT2D eigenvalue weighted by Gasteiger charge is -2.17. The number of benzene rings is 1. The number of aliphatic carboxylic acids is 1. The van der Waals surface area contributed by atoms with E-state index < -0.39 is 5.97 Å². The number of carboxylic acids is 1. The zero-order valence-electron chi connectivity index (χ0n) is 9.39. The average molecular weight is 220 g/mol. The minimum Gasteiger partial charge on any atom is -0.550 e. The van der Waals surface area contributed by atoms with E-state index in [4.69, 9.17) is 5.73 Å². The molecule has 0 bridgehead atoms. The predicted octanol–water partition coefficient (Wildman–Crippen LogP) is 1.04. The van der Waals surface area contributed by atoms with Gasteiger partial charge in [-0.05, 0) is 37.3 Å². The molecular formula is C13H18NO2-. The van der Waals surface area contributed by atoms with Gasteiger partial charge in [-0.15, -0.1) is 0 Å². The van der Waals surface area contributed by atoms with Crippen LogP contribution in [0.3, 0.4) is 0 Å². The summed E-state index contributed by atoms with van der Waals surface area (Å²) in [7, 11) is 0. The summed E-state index contributed by atoms with van der Waals surface area (Å²) in [5.41, 5.74) is 6.50. The molecular weight excluding hydrogens is 202 g/mol. The SMILES string of the molecule is NCCCCC(CC(=O)[O-])c1ccccc1. The number of hydrogen-bond donors (Lipinski definition) is 1. The monoisotopic (exact) mass is 220 g/mol. The lowest BCUT2D eigenvalue weighted by Crippen LogP contribution is -2.24. The molecule has 0 aliphatic rings. The molecule has 2 N–H and O–H groups in total. The molecule has 0 aliphatic carbocycles. The van der Waals surface area contributed by atoms with E-state index in [1.807, 2.05) is 30.3 Å². The van der Waals surface area contributed by atoms with Crippen LogP contribution in [0, 0.1) is 0 Å². The quantitative estimate of drug-likeness (QED) is 0.698. The van der Waals surface area contributed by atoms with Crippen LogP contribution in [0.5, 0.6) is 0 Å². The van der Waals surface area contributed by atoms with Crippen LogP contribution in [0.4, 0.5) is 0 Å². The van der Waals surface area contributed by atoms with E-state index in [9.17, 15) is 9.90 Å². The van der Waals surface area contributed by atoms with Gasteiger partial charge in [-0.25, -0.2) is 0 Å².